The SMILES string of the molecule is CCCCCCCCCCC=CCC(O)CCCCCCCCCC(=O)O. The highest BCUT2D eigenvalue weighted by atomic mass is 16.4. The van der Waals surface area contributed by atoms with Crippen molar-refractivity contribution in [3.05, 3.63) is 12.2 Å². The lowest BCUT2D eigenvalue weighted by atomic mass is 10.0. The van der Waals surface area contributed by atoms with Crippen LogP contribution in [0.1, 0.15) is 129 Å². The summed E-state index contributed by atoms with van der Waals surface area (Å²) >= 11 is 0. The molecule has 160 valence electrons. The fourth-order valence-electron chi connectivity index (χ4n) is 3.43. The van der Waals surface area contributed by atoms with Gasteiger partial charge < -0.3 is 10.2 Å². The Morgan fingerprint density at radius 2 is 1.26 bits per heavy atom. The molecule has 0 heterocycles. The van der Waals surface area contributed by atoms with Crippen molar-refractivity contribution in [1.29, 1.82) is 0 Å². The topological polar surface area (TPSA) is 57.5 Å². The lowest BCUT2D eigenvalue weighted by Crippen LogP contribution is -2.04. The van der Waals surface area contributed by atoms with Gasteiger partial charge in [-0.1, -0.05) is 103 Å². The van der Waals surface area contributed by atoms with E-state index in [1.807, 2.05) is 0 Å². The molecule has 0 amide bonds. The third kappa shape index (κ3) is 23.1. The van der Waals surface area contributed by atoms with Crippen LogP contribution in [0, 0.1) is 0 Å². The maximum atomic E-state index is 10.4. The summed E-state index contributed by atoms with van der Waals surface area (Å²) in [6.45, 7) is 2.26. The van der Waals surface area contributed by atoms with Crippen LogP contribution < -0.4 is 0 Å². The molecule has 2 N–H and O–H groups in total. The number of carboxylic acid groups (broad SMARTS) is 1. The number of hydrogen-bond donors (Lipinski definition) is 2. The molecular weight excluding hydrogens is 336 g/mol. The molecule has 0 aliphatic heterocycles. The Balaban J connectivity index is 3.25. The molecule has 3 nitrogen and oxygen atoms in total. The Bertz CT molecular complexity index is 339. The van der Waals surface area contributed by atoms with Crippen LogP contribution in [0.2, 0.25) is 0 Å². The molecule has 1 atom stereocenters. The number of rotatable bonds is 21. The maximum absolute atomic E-state index is 10.4. The van der Waals surface area contributed by atoms with Crippen molar-refractivity contribution in [3.8, 4) is 0 Å². The molecule has 27 heavy (non-hydrogen) atoms. The molecule has 0 rings (SSSR count). The minimum Gasteiger partial charge on any atom is -0.481 e. The summed E-state index contributed by atoms with van der Waals surface area (Å²) in [5.74, 6) is -0.684. The largest absolute Gasteiger partial charge is 0.481 e. The second kappa shape index (κ2) is 21.5. The average Bonchev–Trinajstić information content (AvgIpc) is 2.64. The van der Waals surface area contributed by atoms with E-state index < -0.39 is 5.97 Å². The Hall–Kier alpha value is -0.830. The molecule has 3 heteroatoms. The van der Waals surface area contributed by atoms with Gasteiger partial charge in [0.2, 0.25) is 0 Å². The van der Waals surface area contributed by atoms with E-state index in [0.717, 1.165) is 44.9 Å². The zero-order chi connectivity index (χ0) is 20.0. The first kappa shape index (κ1) is 26.2. The van der Waals surface area contributed by atoms with Gasteiger partial charge in [-0.05, 0) is 32.1 Å². The zero-order valence-electron chi connectivity index (χ0n) is 18.0. The van der Waals surface area contributed by atoms with Crippen LogP contribution in [0.5, 0.6) is 0 Å². The number of aliphatic carboxylic acids is 1. The molecule has 0 saturated carbocycles. The van der Waals surface area contributed by atoms with Crippen molar-refractivity contribution in [2.24, 2.45) is 0 Å². The smallest absolute Gasteiger partial charge is 0.303 e. The summed E-state index contributed by atoms with van der Waals surface area (Å²) in [6.07, 6.45) is 25.9. The number of allylic oxidation sites excluding steroid dienone is 1. The number of aliphatic hydroxyl groups is 1. The molecule has 0 bridgehead atoms. The molecule has 0 radical (unpaired) electrons. The number of hydrogen-bond acceptors (Lipinski definition) is 2. The number of carboxylic acids is 1. The van der Waals surface area contributed by atoms with Crippen molar-refractivity contribution < 1.29 is 15.0 Å². The van der Waals surface area contributed by atoms with Crippen molar-refractivity contribution >= 4 is 5.97 Å². The van der Waals surface area contributed by atoms with Gasteiger partial charge in [-0.3, -0.25) is 4.79 Å². The minimum atomic E-state index is -0.684. The van der Waals surface area contributed by atoms with E-state index in [-0.39, 0.29) is 6.10 Å². The second-order valence-corrected chi connectivity index (χ2v) is 8.03. The lowest BCUT2D eigenvalue weighted by molar-refractivity contribution is -0.137. The van der Waals surface area contributed by atoms with Gasteiger partial charge in [0.15, 0.2) is 0 Å². The Labute approximate surface area is 168 Å². The van der Waals surface area contributed by atoms with Crippen LogP contribution >= 0.6 is 0 Å². The van der Waals surface area contributed by atoms with Gasteiger partial charge in [0, 0.05) is 6.42 Å². The summed E-state index contributed by atoms with van der Waals surface area (Å²) in [7, 11) is 0. The number of aliphatic hydroxyl groups excluding tert-OH is 1. The lowest BCUT2D eigenvalue weighted by Gasteiger charge is -2.07. The first-order valence-corrected chi connectivity index (χ1v) is 11.7. The van der Waals surface area contributed by atoms with E-state index in [0.29, 0.717) is 6.42 Å². The number of unbranched alkanes of at least 4 members (excludes halogenated alkanes) is 14. The first-order valence-electron chi connectivity index (χ1n) is 11.7. The van der Waals surface area contributed by atoms with E-state index in [1.54, 1.807) is 0 Å². The molecule has 0 aromatic carbocycles. The van der Waals surface area contributed by atoms with E-state index >= 15 is 0 Å². The first-order chi connectivity index (χ1) is 13.2. The van der Waals surface area contributed by atoms with E-state index in [1.165, 1.54) is 70.6 Å². The summed E-state index contributed by atoms with van der Waals surface area (Å²) in [5, 5.41) is 18.6. The quantitative estimate of drug-likeness (QED) is 0.160. The van der Waals surface area contributed by atoms with Gasteiger partial charge in [0.05, 0.1) is 6.10 Å². The molecule has 0 aromatic rings. The fraction of sp³-hybridized carbons (Fsp3) is 0.875. The van der Waals surface area contributed by atoms with Gasteiger partial charge in [-0.15, -0.1) is 0 Å². The Morgan fingerprint density at radius 3 is 1.85 bits per heavy atom. The summed E-state index contributed by atoms with van der Waals surface area (Å²) in [5.41, 5.74) is 0. The van der Waals surface area contributed by atoms with Crippen LogP contribution in [0.4, 0.5) is 0 Å². The minimum absolute atomic E-state index is 0.185. The van der Waals surface area contributed by atoms with Crippen molar-refractivity contribution in [2.45, 2.75) is 135 Å². The molecule has 0 spiro atoms. The van der Waals surface area contributed by atoms with Gasteiger partial charge in [-0.2, -0.15) is 0 Å². The molecule has 0 aromatic heterocycles. The van der Waals surface area contributed by atoms with Crippen molar-refractivity contribution in [2.75, 3.05) is 0 Å². The third-order valence-electron chi connectivity index (χ3n) is 5.23. The van der Waals surface area contributed by atoms with Gasteiger partial charge in [-0.25, -0.2) is 0 Å². The van der Waals surface area contributed by atoms with Gasteiger partial charge >= 0.3 is 5.97 Å². The molecular formula is C24H46O3. The van der Waals surface area contributed by atoms with E-state index in [9.17, 15) is 9.90 Å². The highest BCUT2D eigenvalue weighted by Crippen LogP contribution is 2.13. The van der Waals surface area contributed by atoms with Crippen LogP contribution in [0.3, 0.4) is 0 Å². The maximum Gasteiger partial charge on any atom is 0.303 e. The second-order valence-electron chi connectivity index (χ2n) is 8.03. The van der Waals surface area contributed by atoms with Crippen molar-refractivity contribution in [1.82, 2.24) is 0 Å². The molecule has 0 saturated heterocycles. The predicted octanol–water partition coefficient (Wildman–Crippen LogP) is 7.42. The predicted molar refractivity (Wildman–Crippen MR) is 116 cm³/mol. The molecule has 1 unspecified atom stereocenters. The highest BCUT2D eigenvalue weighted by Gasteiger charge is 2.01. The van der Waals surface area contributed by atoms with Crippen molar-refractivity contribution in [3.63, 3.8) is 0 Å². The summed E-state index contributed by atoms with van der Waals surface area (Å²) in [4.78, 5) is 10.4. The van der Waals surface area contributed by atoms with Crippen LogP contribution in [0.15, 0.2) is 12.2 Å². The summed E-state index contributed by atoms with van der Waals surface area (Å²) < 4.78 is 0. The highest BCUT2D eigenvalue weighted by molar-refractivity contribution is 5.66. The van der Waals surface area contributed by atoms with Crippen LogP contribution in [0.25, 0.3) is 0 Å². The monoisotopic (exact) mass is 382 g/mol. The van der Waals surface area contributed by atoms with E-state index in [4.69, 9.17) is 5.11 Å². The normalized spacial score (nSPS) is 12.7. The standard InChI is InChI=1S/C24H46O3/c1-2-3-4-5-6-7-8-9-11-14-17-20-23(25)21-18-15-12-10-13-16-19-22-24(26)27/h14,17,23,25H,2-13,15-16,18-22H2,1H3,(H,26,27). The average molecular weight is 383 g/mol. The van der Waals surface area contributed by atoms with Gasteiger partial charge in [0.1, 0.15) is 0 Å². The van der Waals surface area contributed by atoms with Gasteiger partial charge in [0.25, 0.3) is 0 Å². The Kier molecular flexibility index (Phi) is 20.8. The molecule has 0 fully saturated rings. The fourth-order valence-corrected chi connectivity index (χ4v) is 3.43. The van der Waals surface area contributed by atoms with Crippen LogP contribution in [-0.4, -0.2) is 22.3 Å². The molecule has 0 aliphatic rings. The summed E-state index contributed by atoms with van der Waals surface area (Å²) in [6, 6.07) is 0. The van der Waals surface area contributed by atoms with E-state index in [2.05, 4.69) is 19.1 Å². The molecule has 0 aliphatic carbocycles. The number of carbonyl (C=O) groups is 1. The zero-order valence-corrected chi connectivity index (χ0v) is 18.0. The van der Waals surface area contributed by atoms with Crippen LogP contribution in [-0.2, 0) is 4.79 Å². The third-order valence-corrected chi connectivity index (χ3v) is 5.23. The Morgan fingerprint density at radius 1 is 0.741 bits per heavy atom.